The third-order valence-electron chi connectivity index (χ3n) is 2.78. The second-order valence-electron chi connectivity index (χ2n) is 4.55. The lowest BCUT2D eigenvalue weighted by molar-refractivity contribution is -0.134. The number of imide groups is 1. The summed E-state index contributed by atoms with van der Waals surface area (Å²) in [5.74, 6) is -1.60. The molecule has 1 aromatic heterocycles. The van der Waals surface area contributed by atoms with Crippen molar-refractivity contribution in [2.45, 2.75) is 30.7 Å². The number of thiophene rings is 1. The van der Waals surface area contributed by atoms with Gasteiger partial charge in [0.2, 0.25) is 27.7 Å². The lowest BCUT2D eigenvalue weighted by Gasteiger charge is -2.21. The molecule has 0 radical (unpaired) electrons. The summed E-state index contributed by atoms with van der Waals surface area (Å²) >= 11 is 6.69. The van der Waals surface area contributed by atoms with Crippen LogP contribution in [-0.2, 0) is 24.4 Å². The minimum absolute atomic E-state index is 0.0435. The van der Waals surface area contributed by atoms with E-state index in [4.69, 9.17) is 11.6 Å². The van der Waals surface area contributed by atoms with Gasteiger partial charge in [-0.15, -0.1) is 11.3 Å². The summed E-state index contributed by atoms with van der Waals surface area (Å²) in [6, 6.07) is 0.137. The molecule has 1 unspecified atom stereocenters. The number of carbonyl (C=O) groups is 3. The highest BCUT2D eigenvalue weighted by Crippen LogP contribution is 2.35. The van der Waals surface area contributed by atoms with Crippen LogP contribution in [0.5, 0.6) is 0 Å². The number of hydrogen-bond donors (Lipinski definition) is 3. The topological polar surface area (TPSA) is 121 Å². The Hall–Kier alpha value is -1.49. The molecule has 0 spiro atoms. The molecule has 8 nitrogen and oxygen atoms in total. The van der Waals surface area contributed by atoms with Gasteiger partial charge in [-0.3, -0.25) is 19.7 Å². The number of anilines is 1. The Kier molecular flexibility index (Phi) is 4.85. The van der Waals surface area contributed by atoms with Crippen molar-refractivity contribution in [3.05, 3.63) is 10.4 Å². The van der Waals surface area contributed by atoms with Crippen molar-refractivity contribution in [2.24, 2.45) is 0 Å². The Labute approximate surface area is 135 Å². The first-order chi connectivity index (χ1) is 10.2. The summed E-state index contributed by atoms with van der Waals surface area (Å²) in [4.78, 5) is 33.6. The van der Waals surface area contributed by atoms with Crippen LogP contribution in [0, 0.1) is 0 Å². The summed E-state index contributed by atoms with van der Waals surface area (Å²) in [5.41, 5.74) is 0. The van der Waals surface area contributed by atoms with Gasteiger partial charge in [0.25, 0.3) is 0 Å². The fourth-order valence-corrected chi connectivity index (χ4v) is 4.80. The highest BCUT2D eigenvalue weighted by molar-refractivity contribution is 7.90. The fraction of sp³-hybridized carbons (Fsp3) is 0.364. The maximum Gasteiger partial charge on any atom is 0.244 e. The molecular weight excluding hydrogens is 354 g/mol. The molecule has 1 aromatic rings. The van der Waals surface area contributed by atoms with E-state index < -0.39 is 33.8 Å². The zero-order valence-electron chi connectivity index (χ0n) is 11.3. The van der Waals surface area contributed by atoms with Crippen molar-refractivity contribution in [1.82, 2.24) is 10.0 Å². The standard InChI is InChI=1S/C11H12ClN3O5S2/c1-5(16)13-11-7(4-8(12)21-11)22(19,20)15-6-2-3-9(17)14-10(6)18/h4,6,15H,2-3H2,1H3,(H,13,16)(H,14,17,18). The quantitative estimate of drug-likeness (QED) is 0.668. The van der Waals surface area contributed by atoms with Crippen LogP contribution in [0.15, 0.2) is 11.0 Å². The first-order valence-electron chi connectivity index (χ1n) is 6.12. The van der Waals surface area contributed by atoms with Gasteiger partial charge in [0.1, 0.15) is 15.9 Å². The molecule has 0 saturated carbocycles. The summed E-state index contributed by atoms with van der Waals surface area (Å²) in [6.07, 6.45) is 0.110. The highest BCUT2D eigenvalue weighted by Gasteiger charge is 2.32. The SMILES string of the molecule is CC(=O)Nc1sc(Cl)cc1S(=O)(=O)NC1CCC(=O)NC1=O. The normalized spacial score (nSPS) is 18.9. The molecule has 2 rings (SSSR count). The van der Waals surface area contributed by atoms with Crippen molar-refractivity contribution < 1.29 is 22.8 Å². The molecule has 22 heavy (non-hydrogen) atoms. The van der Waals surface area contributed by atoms with Gasteiger partial charge in [-0.05, 0) is 12.5 Å². The largest absolute Gasteiger partial charge is 0.317 e. The second-order valence-corrected chi connectivity index (χ2v) is 7.92. The minimum Gasteiger partial charge on any atom is -0.317 e. The van der Waals surface area contributed by atoms with Gasteiger partial charge in [-0.25, -0.2) is 8.42 Å². The Balaban J connectivity index is 2.25. The first kappa shape index (κ1) is 16.9. The number of carbonyl (C=O) groups excluding carboxylic acids is 3. The van der Waals surface area contributed by atoms with Gasteiger partial charge in [0.05, 0.1) is 4.34 Å². The third-order valence-corrected chi connectivity index (χ3v) is 5.59. The number of piperidine rings is 1. The molecule has 2 heterocycles. The molecule has 1 atom stereocenters. The van der Waals surface area contributed by atoms with Crippen LogP contribution in [0.1, 0.15) is 19.8 Å². The van der Waals surface area contributed by atoms with Gasteiger partial charge in [-0.2, -0.15) is 4.72 Å². The predicted octanol–water partition coefficient (Wildman–Crippen LogP) is 0.443. The second kappa shape index (κ2) is 6.32. The molecule has 0 aromatic carbocycles. The fourth-order valence-electron chi connectivity index (χ4n) is 1.85. The van der Waals surface area contributed by atoms with Crippen molar-refractivity contribution in [3.63, 3.8) is 0 Å². The van der Waals surface area contributed by atoms with E-state index in [1.807, 2.05) is 0 Å². The van der Waals surface area contributed by atoms with E-state index in [1.54, 1.807) is 0 Å². The number of nitrogens with one attached hydrogen (secondary N) is 3. The summed E-state index contributed by atoms with van der Waals surface area (Å²) in [6.45, 7) is 1.23. The number of hydrogen-bond acceptors (Lipinski definition) is 6. The number of rotatable bonds is 4. The van der Waals surface area contributed by atoms with E-state index in [1.165, 1.54) is 13.0 Å². The number of halogens is 1. The number of amides is 3. The van der Waals surface area contributed by atoms with Gasteiger partial charge in [0, 0.05) is 13.3 Å². The predicted molar refractivity (Wildman–Crippen MR) is 80.1 cm³/mol. The maximum absolute atomic E-state index is 12.4. The van der Waals surface area contributed by atoms with Crippen molar-refractivity contribution >= 4 is 55.7 Å². The number of sulfonamides is 1. The average molecular weight is 366 g/mol. The van der Waals surface area contributed by atoms with Crippen LogP contribution in [0.2, 0.25) is 4.34 Å². The minimum atomic E-state index is -4.08. The van der Waals surface area contributed by atoms with E-state index in [0.717, 1.165) is 11.3 Å². The summed E-state index contributed by atoms with van der Waals surface area (Å²) in [5, 5.41) is 4.50. The highest BCUT2D eigenvalue weighted by atomic mass is 35.5. The molecule has 1 aliphatic heterocycles. The van der Waals surface area contributed by atoms with E-state index in [0.29, 0.717) is 0 Å². The molecule has 11 heteroatoms. The Morgan fingerprint density at radius 2 is 2.14 bits per heavy atom. The van der Waals surface area contributed by atoms with E-state index in [9.17, 15) is 22.8 Å². The van der Waals surface area contributed by atoms with E-state index in [-0.39, 0.29) is 27.1 Å². The zero-order chi connectivity index (χ0) is 16.5. The van der Waals surface area contributed by atoms with E-state index in [2.05, 4.69) is 15.4 Å². The molecule has 1 fully saturated rings. The molecule has 1 aliphatic rings. The molecule has 120 valence electrons. The Morgan fingerprint density at radius 3 is 2.73 bits per heavy atom. The lowest BCUT2D eigenvalue weighted by atomic mass is 10.1. The molecule has 0 bridgehead atoms. The van der Waals surface area contributed by atoms with Crippen molar-refractivity contribution in [1.29, 1.82) is 0 Å². The van der Waals surface area contributed by atoms with Crippen LogP contribution in [0.25, 0.3) is 0 Å². The molecule has 3 N–H and O–H groups in total. The molecule has 1 saturated heterocycles. The Bertz CT molecular complexity index is 743. The molecule has 3 amide bonds. The van der Waals surface area contributed by atoms with Gasteiger partial charge >= 0.3 is 0 Å². The first-order valence-corrected chi connectivity index (χ1v) is 8.80. The van der Waals surface area contributed by atoms with Crippen molar-refractivity contribution in [2.75, 3.05) is 5.32 Å². The van der Waals surface area contributed by atoms with Crippen LogP contribution in [0.4, 0.5) is 5.00 Å². The van der Waals surface area contributed by atoms with Gasteiger partial charge < -0.3 is 5.32 Å². The smallest absolute Gasteiger partial charge is 0.244 e. The van der Waals surface area contributed by atoms with Crippen LogP contribution in [0.3, 0.4) is 0 Å². The summed E-state index contributed by atoms with van der Waals surface area (Å²) in [7, 11) is -4.08. The van der Waals surface area contributed by atoms with Gasteiger partial charge in [-0.1, -0.05) is 11.6 Å². The van der Waals surface area contributed by atoms with Crippen LogP contribution < -0.4 is 15.4 Å². The van der Waals surface area contributed by atoms with Crippen LogP contribution >= 0.6 is 22.9 Å². The summed E-state index contributed by atoms with van der Waals surface area (Å²) < 4.78 is 27.1. The Morgan fingerprint density at radius 1 is 1.45 bits per heavy atom. The van der Waals surface area contributed by atoms with Crippen molar-refractivity contribution in [3.8, 4) is 0 Å². The lowest BCUT2D eigenvalue weighted by Crippen LogP contribution is -2.52. The average Bonchev–Trinajstić information content (AvgIpc) is 2.73. The van der Waals surface area contributed by atoms with E-state index >= 15 is 0 Å². The monoisotopic (exact) mass is 365 g/mol. The van der Waals surface area contributed by atoms with Gasteiger partial charge in [0.15, 0.2) is 0 Å². The third kappa shape index (κ3) is 3.83. The maximum atomic E-state index is 12.4. The zero-order valence-corrected chi connectivity index (χ0v) is 13.7. The molecular formula is C11H12ClN3O5S2. The molecule has 0 aliphatic carbocycles. The van der Waals surface area contributed by atoms with Crippen LogP contribution in [-0.4, -0.2) is 32.2 Å².